The van der Waals surface area contributed by atoms with Crippen LogP contribution in [0.15, 0.2) is 0 Å². The number of carbonyl (C=O) groups is 1. The highest BCUT2D eigenvalue weighted by Gasteiger charge is 2.30. The monoisotopic (exact) mass is 211 g/mol. The number of hydrogen-bond donors (Lipinski definition) is 2. The van der Waals surface area contributed by atoms with E-state index in [1.165, 1.54) is 4.68 Å². The molecule has 15 heavy (non-hydrogen) atoms. The molecule has 0 amide bonds. The summed E-state index contributed by atoms with van der Waals surface area (Å²) in [6.45, 7) is 0. The van der Waals surface area contributed by atoms with Gasteiger partial charge >= 0.3 is 5.97 Å². The minimum absolute atomic E-state index is 0.163. The van der Waals surface area contributed by atoms with Crippen LogP contribution in [0.4, 0.5) is 5.95 Å². The Kier molecular flexibility index (Phi) is 2.53. The van der Waals surface area contributed by atoms with Gasteiger partial charge in [-0.2, -0.15) is 0 Å². The molecule has 0 bridgehead atoms. The van der Waals surface area contributed by atoms with Gasteiger partial charge in [0, 0.05) is 13.1 Å². The van der Waals surface area contributed by atoms with E-state index in [9.17, 15) is 4.79 Å². The van der Waals surface area contributed by atoms with Crippen LogP contribution in [-0.2, 0) is 11.8 Å². The van der Waals surface area contributed by atoms with Gasteiger partial charge in [-0.25, -0.2) is 4.68 Å². The fraction of sp³-hybridized carbons (Fsp3) is 0.750. The Morgan fingerprint density at radius 2 is 2.40 bits per heavy atom. The van der Waals surface area contributed by atoms with Crippen molar-refractivity contribution < 1.29 is 9.90 Å². The molecule has 7 nitrogen and oxygen atoms in total. The van der Waals surface area contributed by atoms with E-state index in [-0.39, 0.29) is 12.0 Å². The molecule has 7 heteroatoms. The van der Waals surface area contributed by atoms with Gasteiger partial charge < -0.3 is 10.4 Å². The van der Waals surface area contributed by atoms with Crippen LogP contribution < -0.4 is 5.32 Å². The molecular weight excluding hydrogens is 198 g/mol. The summed E-state index contributed by atoms with van der Waals surface area (Å²) in [6.07, 6.45) is 2.21. The topological polar surface area (TPSA) is 92.9 Å². The third kappa shape index (κ3) is 2.05. The van der Waals surface area contributed by atoms with Gasteiger partial charge in [-0.3, -0.25) is 4.79 Å². The number of rotatable bonds is 3. The number of hydrogen-bond acceptors (Lipinski definition) is 5. The Morgan fingerprint density at radius 3 is 2.93 bits per heavy atom. The molecule has 2 N–H and O–H groups in total. The molecule has 0 radical (unpaired) electrons. The first-order chi connectivity index (χ1) is 7.16. The highest BCUT2D eigenvalue weighted by Crippen LogP contribution is 2.27. The number of aryl methyl sites for hydroxylation is 1. The van der Waals surface area contributed by atoms with Gasteiger partial charge in [0.15, 0.2) is 0 Å². The van der Waals surface area contributed by atoms with Crippen molar-refractivity contribution >= 4 is 11.9 Å². The molecule has 1 aromatic rings. The first-order valence-corrected chi connectivity index (χ1v) is 4.88. The van der Waals surface area contributed by atoms with Gasteiger partial charge in [-0.15, -0.1) is 0 Å². The average Bonchev–Trinajstić information content (AvgIpc) is 2.77. The minimum Gasteiger partial charge on any atom is -0.481 e. The third-order valence-electron chi connectivity index (χ3n) is 2.74. The molecule has 0 aliphatic heterocycles. The summed E-state index contributed by atoms with van der Waals surface area (Å²) < 4.78 is 1.54. The Morgan fingerprint density at radius 1 is 1.60 bits per heavy atom. The van der Waals surface area contributed by atoms with Crippen molar-refractivity contribution in [3.05, 3.63) is 0 Å². The lowest BCUT2D eigenvalue weighted by molar-refractivity contribution is -0.141. The average molecular weight is 211 g/mol. The summed E-state index contributed by atoms with van der Waals surface area (Å²) in [6, 6.07) is 0.163. The minimum atomic E-state index is -0.713. The fourth-order valence-corrected chi connectivity index (χ4v) is 1.87. The van der Waals surface area contributed by atoms with E-state index in [0.717, 1.165) is 12.8 Å². The molecule has 0 unspecified atom stereocenters. The van der Waals surface area contributed by atoms with Gasteiger partial charge in [0.1, 0.15) is 0 Å². The van der Waals surface area contributed by atoms with E-state index < -0.39 is 5.97 Å². The second kappa shape index (κ2) is 3.84. The fourth-order valence-electron chi connectivity index (χ4n) is 1.87. The van der Waals surface area contributed by atoms with Crippen molar-refractivity contribution in [1.29, 1.82) is 0 Å². The normalized spacial score (nSPS) is 25.4. The molecule has 1 aliphatic carbocycles. The summed E-state index contributed by atoms with van der Waals surface area (Å²) in [5.41, 5.74) is 0. The van der Waals surface area contributed by atoms with Crippen molar-refractivity contribution in [1.82, 2.24) is 20.2 Å². The van der Waals surface area contributed by atoms with Crippen molar-refractivity contribution in [2.75, 3.05) is 5.32 Å². The highest BCUT2D eigenvalue weighted by molar-refractivity contribution is 5.70. The largest absolute Gasteiger partial charge is 0.481 e. The summed E-state index contributed by atoms with van der Waals surface area (Å²) >= 11 is 0. The van der Waals surface area contributed by atoms with E-state index in [4.69, 9.17) is 5.11 Å². The molecule has 82 valence electrons. The van der Waals surface area contributed by atoms with Crippen molar-refractivity contribution in [2.24, 2.45) is 13.0 Å². The van der Waals surface area contributed by atoms with E-state index in [1.54, 1.807) is 7.05 Å². The second-order valence-corrected chi connectivity index (χ2v) is 3.82. The number of carboxylic acid groups (broad SMARTS) is 1. The van der Waals surface area contributed by atoms with E-state index in [0.29, 0.717) is 12.4 Å². The van der Waals surface area contributed by atoms with Gasteiger partial charge in [-0.05, 0) is 29.7 Å². The summed E-state index contributed by atoms with van der Waals surface area (Å²) in [4.78, 5) is 10.7. The van der Waals surface area contributed by atoms with Crippen LogP contribution in [0.2, 0.25) is 0 Å². The number of tetrazole rings is 1. The van der Waals surface area contributed by atoms with Crippen LogP contribution in [0.3, 0.4) is 0 Å². The molecule has 2 rings (SSSR count). The van der Waals surface area contributed by atoms with Gasteiger partial charge in [-0.1, -0.05) is 5.10 Å². The third-order valence-corrected chi connectivity index (χ3v) is 2.74. The molecule has 2 atom stereocenters. The molecular formula is C8H13N5O2. The van der Waals surface area contributed by atoms with Crippen molar-refractivity contribution in [2.45, 2.75) is 25.3 Å². The van der Waals surface area contributed by atoms with Crippen LogP contribution >= 0.6 is 0 Å². The Hall–Kier alpha value is -1.66. The molecule has 1 fully saturated rings. The molecule has 0 spiro atoms. The van der Waals surface area contributed by atoms with Crippen LogP contribution in [0.5, 0.6) is 0 Å². The number of nitrogens with zero attached hydrogens (tertiary/aromatic N) is 4. The maximum atomic E-state index is 10.7. The zero-order chi connectivity index (χ0) is 10.8. The van der Waals surface area contributed by atoms with E-state index in [1.807, 2.05) is 0 Å². The Balaban J connectivity index is 1.93. The molecule has 0 aromatic carbocycles. The number of anilines is 1. The van der Waals surface area contributed by atoms with E-state index >= 15 is 0 Å². The second-order valence-electron chi connectivity index (χ2n) is 3.82. The van der Waals surface area contributed by atoms with Crippen LogP contribution in [0, 0.1) is 5.92 Å². The lowest BCUT2D eigenvalue weighted by Crippen LogP contribution is -2.20. The summed E-state index contributed by atoms with van der Waals surface area (Å²) in [5.74, 6) is -0.356. The molecule has 1 aliphatic rings. The maximum absolute atomic E-state index is 10.7. The van der Waals surface area contributed by atoms with Crippen molar-refractivity contribution in [3.8, 4) is 0 Å². The smallest absolute Gasteiger partial charge is 0.306 e. The van der Waals surface area contributed by atoms with Gasteiger partial charge in [0.2, 0.25) is 5.95 Å². The SMILES string of the molecule is Cn1nnnc1N[C@@H]1CC[C@H](C(=O)O)C1. The summed E-state index contributed by atoms with van der Waals surface area (Å²) in [7, 11) is 1.74. The molecule has 1 aromatic heterocycles. The standard InChI is InChI=1S/C8H13N5O2/c1-13-8(10-11-12-13)9-6-3-2-5(4-6)7(14)15/h5-6H,2-4H2,1H3,(H,14,15)(H,9,10,12)/t5-,6+/m0/s1. The lowest BCUT2D eigenvalue weighted by Gasteiger charge is -2.11. The Labute approximate surface area is 86.5 Å². The number of aliphatic carboxylic acids is 1. The number of aromatic nitrogens is 4. The summed E-state index contributed by atoms with van der Waals surface area (Å²) in [5, 5.41) is 23.0. The molecule has 1 saturated carbocycles. The highest BCUT2D eigenvalue weighted by atomic mass is 16.4. The van der Waals surface area contributed by atoms with E-state index in [2.05, 4.69) is 20.8 Å². The number of nitrogens with one attached hydrogen (secondary N) is 1. The first-order valence-electron chi connectivity index (χ1n) is 4.88. The van der Waals surface area contributed by atoms with Crippen molar-refractivity contribution in [3.63, 3.8) is 0 Å². The van der Waals surface area contributed by atoms with Crippen LogP contribution in [0.1, 0.15) is 19.3 Å². The zero-order valence-corrected chi connectivity index (χ0v) is 8.42. The predicted octanol–water partition coefficient (Wildman–Crippen LogP) is -0.125. The van der Waals surface area contributed by atoms with Crippen LogP contribution in [0.25, 0.3) is 0 Å². The van der Waals surface area contributed by atoms with Gasteiger partial charge in [0.25, 0.3) is 0 Å². The predicted molar refractivity (Wildman–Crippen MR) is 51.2 cm³/mol. The molecule has 0 saturated heterocycles. The van der Waals surface area contributed by atoms with Gasteiger partial charge in [0.05, 0.1) is 5.92 Å². The van der Waals surface area contributed by atoms with Crippen LogP contribution in [-0.4, -0.2) is 37.3 Å². The lowest BCUT2D eigenvalue weighted by atomic mass is 10.1. The first kappa shape index (κ1) is 9.88. The Bertz CT molecular complexity index is 364. The quantitative estimate of drug-likeness (QED) is 0.723. The maximum Gasteiger partial charge on any atom is 0.306 e. The number of carboxylic acids is 1. The zero-order valence-electron chi connectivity index (χ0n) is 8.42. The molecule has 1 heterocycles.